The van der Waals surface area contributed by atoms with E-state index in [9.17, 15) is 13.6 Å². The number of carbonyl (C=O) groups excluding carboxylic acids is 1. The van der Waals surface area contributed by atoms with Gasteiger partial charge in [-0.2, -0.15) is 0 Å². The highest BCUT2D eigenvalue weighted by Crippen LogP contribution is 2.13. The molecule has 0 aliphatic rings. The summed E-state index contributed by atoms with van der Waals surface area (Å²) in [6.45, 7) is 5.24. The van der Waals surface area contributed by atoms with Crippen molar-refractivity contribution in [3.8, 4) is 0 Å². The van der Waals surface area contributed by atoms with E-state index in [2.05, 4.69) is 0 Å². The average Bonchev–Trinajstić information content (AvgIpc) is 2.46. The fourth-order valence-corrected chi connectivity index (χ4v) is 2.07. The van der Waals surface area contributed by atoms with Crippen LogP contribution in [0.5, 0.6) is 0 Å². The van der Waals surface area contributed by atoms with E-state index in [1.54, 1.807) is 11.8 Å². The second-order valence-electron chi connectivity index (χ2n) is 5.57. The van der Waals surface area contributed by atoms with Crippen LogP contribution in [0.1, 0.15) is 25.8 Å². The fourth-order valence-electron chi connectivity index (χ4n) is 2.07. The van der Waals surface area contributed by atoms with Crippen molar-refractivity contribution in [3.63, 3.8) is 0 Å². The molecule has 0 fully saturated rings. The molecule has 22 heavy (non-hydrogen) atoms. The molecular weight excluding hydrogens is 286 g/mol. The van der Waals surface area contributed by atoms with Crippen LogP contribution in [0.25, 0.3) is 0 Å². The van der Waals surface area contributed by atoms with Gasteiger partial charge in [-0.1, -0.05) is 19.1 Å². The molecule has 0 aromatic heterocycles. The van der Waals surface area contributed by atoms with Crippen molar-refractivity contribution in [2.45, 2.75) is 26.8 Å². The van der Waals surface area contributed by atoms with Gasteiger partial charge in [0.1, 0.15) is 0 Å². The molecule has 0 aliphatic carbocycles. The third-order valence-corrected chi connectivity index (χ3v) is 3.31. The van der Waals surface area contributed by atoms with E-state index in [1.807, 2.05) is 32.0 Å². The molecule has 0 unspecified atom stereocenters. The van der Waals surface area contributed by atoms with Gasteiger partial charge in [0.25, 0.3) is 0 Å². The van der Waals surface area contributed by atoms with Crippen LogP contribution in [-0.2, 0) is 11.3 Å². The molecule has 0 spiro atoms. The lowest BCUT2D eigenvalue weighted by Gasteiger charge is -2.25. The van der Waals surface area contributed by atoms with E-state index in [-0.39, 0.29) is 12.5 Å². The summed E-state index contributed by atoms with van der Waals surface area (Å²) in [7, 11) is 3.85. The molecule has 0 atom stereocenters. The Kier molecular flexibility index (Phi) is 7.18. The predicted molar refractivity (Wildman–Crippen MR) is 84.4 cm³/mol. The van der Waals surface area contributed by atoms with Crippen molar-refractivity contribution in [2.24, 2.45) is 0 Å². The van der Waals surface area contributed by atoms with Gasteiger partial charge in [0.05, 0.1) is 0 Å². The van der Waals surface area contributed by atoms with E-state index in [0.29, 0.717) is 24.2 Å². The molecule has 5 heteroatoms. The number of benzene rings is 1. The molecule has 0 bridgehead atoms. The van der Waals surface area contributed by atoms with Gasteiger partial charge >= 0.3 is 0 Å². The highest BCUT2D eigenvalue weighted by molar-refractivity contribution is 5.92. The zero-order valence-corrected chi connectivity index (χ0v) is 13.7. The maximum atomic E-state index is 13.3. The summed E-state index contributed by atoms with van der Waals surface area (Å²) in [5, 5.41) is 0. The number of amides is 1. The quantitative estimate of drug-likeness (QED) is 0.722. The molecule has 0 heterocycles. The predicted octanol–water partition coefficient (Wildman–Crippen LogP) is 3.21. The standard InChI is InChI=1S/C17H24F2N2O/c1-5-6-13(2)17(22)21(10-9-20(3)4)12-14-7-8-15(18)16(19)11-14/h6-8,11H,5,9-10,12H2,1-4H3/b13-6-. The highest BCUT2D eigenvalue weighted by Gasteiger charge is 2.16. The van der Waals surface area contributed by atoms with Gasteiger partial charge in [-0.25, -0.2) is 8.78 Å². The van der Waals surface area contributed by atoms with Crippen LogP contribution in [0.4, 0.5) is 8.78 Å². The molecule has 0 aliphatic heterocycles. The molecular formula is C17H24F2N2O. The summed E-state index contributed by atoms with van der Waals surface area (Å²) in [6.07, 6.45) is 2.65. The third-order valence-electron chi connectivity index (χ3n) is 3.31. The topological polar surface area (TPSA) is 23.6 Å². The first-order valence-corrected chi connectivity index (χ1v) is 7.39. The first kappa shape index (κ1) is 18.3. The normalized spacial score (nSPS) is 11.9. The smallest absolute Gasteiger partial charge is 0.249 e. The summed E-state index contributed by atoms with van der Waals surface area (Å²) in [5.41, 5.74) is 1.25. The van der Waals surface area contributed by atoms with Crippen LogP contribution in [0.15, 0.2) is 29.8 Å². The van der Waals surface area contributed by atoms with Gasteiger partial charge < -0.3 is 9.80 Å². The van der Waals surface area contributed by atoms with Crippen molar-refractivity contribution in [2.75, 3.05) is 27.2 Å². The Morgan fingerprint density at radius 1 is 1.18 bits per heavy atom. The number of hydrogen-bond acceptors (Lipinski definition) is 2. The van der Waals surface area contributed by atoms with Crippen molar-refractivity contribution in [3.05, 3.63) is 47.0 Å². The summed E-state index contributed by atoms with van der Waals surface area (Å²) >= 11 is 0. The maximum Gasteiger partial charge on any atom is 0.249 e. The molecule has 0 saturated heterocycles. The van der Waals surface area contributed by atoms with Gasteiger partial charge in [0.15, 0.2) is 11.6 Å². The third kappa shape index (κ3) is 5.56. The van der Waals surface area contributed by atoms with Gasteiger partial charge in [-0.3, -0.25) is 4.79 Å². The van der Waals surface area contributed by atoms with Crippen molar-refractivity contribution in [1.29, 1.82) is 0 Å². The number of nitrogens with zero attached hydrogens (tertiary/aromatic N) is 2. The van der Waals surface area contributed by atoms with Crippen LogP contribution in [-0.4, -0.2) is 42.9 Å². The molecule has 3 nitrogen and oxygen atoms in total. The minimum Gasteiger partial charge on any atom is -0.333 e. The SMILES string of the molecule is CC/C=C(/C)C(=O)N(CCN(C)C)Cc1ccc(F)c(F)c1. The Bertz CT molecular complexity index is 541. The van der Waals surface area contributed by atoms with Gasteiger partial charge in [0.2, 0.25) is 5.91 Å². The van der Waals surface area contributed by atoms with Crippen molar-refractivity contribution in [1.82, 2.24) is 9.80 Å². The molecule has 1 amide bonds. The molecule has 1 aromatic rings. The second kappa shape index (κ2) is 8.63. The monoisotopic (exact) mass is 310 g/mol. The second-order valence-corrected chi connectivity index (χ2v) is 5.57. The van der Waals surface area contributed by atoms with Crippen LogP contribution >= 0.6 is 0 Å². The van der Waals surface area contributed by atoms with Crippen LogP contribution in [0.2, 0.25) is 0 Å². The number of hydrogen-bond donors (Lipinski definition) is 0. The Labute approximate surface area is 131 Å². The zero-order chi connectivity index (χ0) is 16.7. The van der Waals surface area contributed by atoms with E-state index in [4.69, 9.17) is 0 Å². The van der Waals surface area contributed by atoms with Crippen LogP contribution < -0.4 is 0 Å². The molecule has 0 radical (unpaired) electrons. The van der Waals surface area contributed by atoms with Crippen molar-refractivity contribution < 1.29 is 13.6 Å². The Balaban J connectivity index is 2.91. The van der Waals surface area contributed by atoms with E-state index < -0.39 is 11.6 Å². The Morgan fingerprint density at radius 2 is 1.86 bits per heavy atom. The minimum atomic E-state index is -0.890. The van der Waals surface area contributed by atoms with Crippen LogP contribution in [0, 0.1) is 11.6 Å². The number of halogens is 2. The number of likely N-dealkylation sites (N-methyl/N-ethyl adjacent to an activating group) is 1. The summed E-state index contributed by atoms with van der Waals surface area (Å²) < 4.78 is 26.3. The summed E-state index contributed by atoms with van der Waals surface area (Å²) in [4.78, 5) is 16.1. The molecule has 0 saturated carbocycles. The van der Waals surface area contributed by atoms with Gasteiger partial charge in [-0.05, 0) is 45.1 Å². The lowest BCUT2D eigenvalue weighted by Crippen LogP contribution is -2.36. The average molecular weight is 310 g/mol. The lowest BCUT2D eigenvalue weighted by atomic mass is 10.1. The van der Waals surface area contributed by atoms with Crippen LogP contribution in [0.3, 0.4) is 0 Å². The number of allylic oxidation sites excluding steroid dienone is 1. The summed E-state index contributed by atoms with van der Waals surface area (Å²) in [5.74, 6) is -1.84. The van der Waals surface area contributed by atoms with Gasteiger partial charge in [0, 0.05) is 25.2 Å². The Hall–Kier alpha value is -1.75. The first-order chi connectivity index (χ1) is 10.3. The molecule has 0 N–H and O–H groups in total. The highest BCUT2D eigenvalue weighted by atomic mass is 19.2. The largest absolute Gasteiger partial charge is 0.333 e. The molecule has 1 aromatic carbocycles. The summed E-state index contributed by atoms with van der Waals surface area (Å²) in [6, 6.07) is 3.74. The van der Waals surface area contributed by atoms with Crippen molar-refractivity contribution >= 4 is 5.91 Å². The maximum absolute atomic E-state index is 13.3. The van der Waals surface area contributed by atoms with E-state index in [0.717, 1.165) is 18.6 Å². The molecule has 122 valence electrons. The van der Waals surface area contributed by atoms with Gasteiger partial charge in [-0.15, -0.1) is 0 Å². The number of carbonyl (C=O) groups is 1. The minimum absolute atomic E-state index is 0.0755. The number of rotatable bonds is 7. The van der Waals surface area contributed by atoms with E-state index >= 15 is 0 Å². The fraction of sp³-hybridized carbons (Fsp3) is 0.471. The zero-order valence-electron chi connectivity index (χ0n) is 13.7. The first-order valence-electron chi connectivity index (χ1n) is 7.39. The van der Waals surface area contributed by atoms with E-state index in [1.165, 1.54) is 6.07 Å². The Morgan fingerprint density at radius 3 is 2.41 bits per heavy atom. The lowest BCUT2D eigenvalue weighted by molar-refractivity contribution is -0.127. The molecule has 1 rings (SSSR count).